The smallest absolute Gasteiger partial charge is 0.343 e. The maximum absolute atomic E-state index is 12.5. The second-order valence-corrected chi connectivity index (χ2v) is 8.06. The van der Waals surface area contributed by atoms with Crippen LogP contribution in [0.2, 0.25) is 0 Å². The molecule has 3 aromatic carbocycles. The van der Waals surface area contributed by atoms with Gasteiger partial charge in [0.2, 0.25) is 0 Å². The summed E-state index contributed by atoms with van der Waals surface area (Å²) in [5.41, 5.74) is 4.56. The summed E-state index contributed by atoms with van der Waals surface area (Å²) in [6.45, 7) is 1.62. The van der Waals surface area contributed by atoms with Crippen LogP contribution in [0.4, 0.5) is 0 Å². The molecule has 0 unspecified atom stereocenters. The lowest BCUT2D eigenvalue weighted by Crippen LogP contribution is -2.34. The predicted octanol–water partition coefficient (Wildman–Crippen LogP) is 3.87. The molecular formula is C25H22BrN3O5. The molecule has 0 saturated heterocycles. The Hall–Kier alpha value is -3.98. The minimum atomic E-state index is -0.522. The van der Waals surface area contributed by atoms with Crippen LogP contribution in [0.25, 0.3) is 0 Å². The Morgan fingerprint density at radius 1 is 1.00 bits per heavy atom. The van der Waals surface area contributed by atoms with E-state index in [-0.39, 0.29) is 12.3 Å². The number of hydrazone groups is 1. The monoisotopic (exact) mass is 523 g/mol. The van der Waals surface area contributed by atoms with Gasteiger partial charge in [-0.3, -0.25) is 9.59 Å². The highest BCUT2D eigenvalue weighted by Gasteiger charge is 2.12. The zero-order valence-electron chi connectivity index (χ0n) is 18.5. The normalized spacial score (nSPS) is 10.6. The molecular weight excluding hydrogens is 502 g/mol. The lowest BCUT2D eigenvalue weighted by Gasteiger charge is -2.09. The number of nitrogens with zero attached hydrogens (tertiary/aromatic N) is 1. The molecule has 9 heteroatoms. The number of ether oxygens (including phenoxy) is 2. The summed E-state index contributed by atoms with van der Waals surface area (Å²) in [7, 11) is 1.53. The van der Waals surface area contributed by atoms with E-state index < -0.39 is 17.8 Å². The van der Waals surface area contributed by atoms with Gasteiger partial charge in [0.1, 0.15) is 11.5 Å². The molecule has 3 aromatic rings. The molecule has 0 aromatic heterocycles. The average Bonchev–Trinajstić information content (AvgIpc) is 2.84. The van der Waals surface area contributed by atoms with Crippen LogP contribution >= 0.6 is 15.9 Å². The summed E-state index contributed by atoms with van der Waals surface area (Å²) >= 11 is 3.36. The predicted molar refractivity (Wildman–Crippen MR) is 131 cm³/mol. The van der Waals surface area contributed by atoms with E-state index in [0.29, 0.717) is 22.4 Å². The van der Waals surface area contributed by atoms with Gasteiger partial charge in [-0.2, -0.15) is 5.10 Å². The second-order valence-electron chi connectivity index (χ2n) is 7.15. The molecule has 0 aliphatic carbocycles. The number of methoxy groups -OCH3 is 1. The van der Waals surface area contributed by atoms with Crippen molar-refractivity contribution in [3.63, 3.8) is 0 Å². The van der Waals surface area contributed by atoms with Crippen molar-refractivity contribution in [2.75, 3.05) is 13.7 Å². The standard InChI is InChI=1S/C25H22BrN3O5/c1-16-4-3-5-18(12-16)25(32)34-22-11-8-20(26)13-19(22)14-28-29-23(30)15-27-24(31)17-6-9-21(33-2)10-7-17/h3-14H,15H2,1-2H3,(H,27,31)(H,29,30)/b28-14-. The Bertz CT molecular complexity index is 1230. The highest BCUT2D eigenvalue weighted by Crippen LogP contribution is 2.23. The minimum absolute atomic E-state index is 0.268. The maximum Gasteiger partial charge on any atom is 0.343 e. The molecule has 2 amide bonds. The molecule has 0 aliphatic heterocycles. The Kier molecular flexibility index (Phi) is 8.53. The van der Waals surface area contributed by atoms with Gasteiger partial charge < -0.3 is 14.8 Å². The number of amides is 2. The zero-order valence-corrected chi connectivity index (χ0v) is 20.1. The number of benzene rings is 3. The summed E-state index contributed by atoms with van der Waals surface area (Å²) in [6, 6.07) is 18.6. The van der Waals surface area contributed by atoms with E-state index in [1.165, 1.54) is 13.3 Å². The van der Waals surface area contributed by atoms with E-state index >= 15 is 0 Å². The molecule has 0 aliphatic rings. The van der Waals surface area contributed by atoms with Gasteiger partial charge in [0, 0.05) is 15.6 Å². The van der Waals surface area contributed by atoms with Crippen LogP contribution in [-0.4, -0.2) is 37.7 Å². The van der Waals surface area contributed by atoms with Crippen molar-refractivity contribution in [3.8, 4) is 11.5 Å². The summed E-state index contributed by atoms with van der Waals surface area (Å²) in [5.74, 6) is -0.530. The van der Waals surface area contributed by atoms with E-state index in [0.717, 1.165) is 10.0 Å². The Morgan fingerprint density at radius 3 is 2.47 bits per heavy atom. The molecule has 34 heavy (non-hydrogen) atoms. The van der Waals surface area contributed by atoms with Gasteiger partial charge in [-0.1, -0.05) is 33.6 Å². The molecule has 0 heterocycles. The van der Waals surface area contributed by atoms with Gasteiger partial charge in [-0.15, -0.1) is 0 Å². The molecule has 8 nitrogen and oxygen atoms in total. The van der Waals surface area contributed by atoms with Crippen LogP contribution in [0, 0.1) is 6.92 Å². The number of carbonyl (C=O) groups excluding carboxylic acids is 3. The first kappa shape index (κ1) is 24.7. The number of halogens is 1. The average molecular weight is 524 g/mol. The van der Waals surface area contributed by atoms with Gasteiger partial charge in [0.15, 0.2) is 0 Å². The van der Waals surface area contributed by atoms with Crippen molar-refractivity contribution < 1.29 is 23.9 Å². The van der Waals surface area contributed by atoms with Crippen LogP contribution in [0.1, 0.15) is 31.8 Å². The van der Waals surface area contributed by atoms with E-state index in [4.69, 9.17) is 9.47 Å². The molecule has 3 rings (SSSR count). The second kappa shape index (κ2) is 11.8. The first-order valence-corrected chi connectivity index (χ1v) is 11.0. The van der Waals surface area contributed by atoms with Gasteiger partial charge in [0.05, 0.1) is 25.4 Å². The fraction of sp³-hybridized carbons (Fsp3) is 0.120. The third kappa shape index (κ3) is 7.01. The van der Waals surface area contributed by atoms with Crippen molar-refractivity contribution in [2.24, 2.45) is 5.10 Å². The van der Waals surface area contributed by atoms with E-state index in [1.807, 2.05) is 13.0 Å². The SMILES string of the molecule is COc1ccc(C(=O)NCC(=O)N/N=C\c2cc(Br)ccc2OC(=O)c2cccc(C)c2)cc1. The number of esters is 1. The molecule has 174 valence electrons. The molecule has 2 N–H and O–H groups in total. The molecule has 0 atom stereocenters. The highest BCUT2D eigenvalue weighted by molar-refractivity contribution is 9.10. The third-order valence-electron chi connectivity index (χ3n) is 4.58. The number of hydrogen-bond donors (Lipinski definition) is 2. The topological polar surface area (TPSA) is 106 Å². The number of rotatable bonds is 8. The third-order valence-corrected chi connectivity index (χ3v) is 5.08. The molecule has 0 fully saturated rings. The Balaban J connectivity index is 1.58. The number of carbonyl (C=O) groups is 3. The van der Waals surface area contributed by atoms with Crippen molar-refractivity contribution in [3.05, 3.63) is 93.5 Å². The van der Waals surface area contributed by atoms with Crippen LogP contribution in [0.3, 0.4) is 0 Å². The fourth-order valence-electron chi connectivity index (χ4n) is 2.86. The number of nitrogens with one attached hydrogen (secondary N) is 2. The maximum atomic E-state index is 12.5. The van der Waals surface area contributed by atoms with Crippen LogP contribution in [-0.2, 0) is 4.79 Å². The van der Waals surface area contributed by atoms with Crippen molar-refractivity contribution in [1.29, 1.82) is 0 Å². The largest absolute Gasteiger partial charge is 0.497 e. The first-order valence-electron chi connectivity index (χ1n) is 10.2. The number of hydrogen-bond acceptors (Lipinski definition) is 6. The van der Waals surface area contributed by atoms with E-state index in [2.05, 4.69) is 31.8 Å². The summed E-state index contributed by atoms with van der Waals surface area (Å²) in [5, 5.41) is 6.42. The van der Waals surface area contributed by atoms with Crippen LogP contribution in [0.5, 0.6) is 11.5 Å². The van der Waals surface area contributed by atoms with Crippen LogP contribution in [0.15, 0.2) is 76.3 Å². The molecule has 0 saturated carbocycles. The van der Waals surface area contributed by atoms with E-state index in [1.54, 1.807) is 60.7 Å². The molecule has 0 spiro atoms. The lowest BCUT2D eigenvalue weighted by molar-refractivity contribution is -0.120. The molecule has 0 bridgehead atoms. The minimum Gasteiger partial charge on any atom is -0.497 e. The van der Waals surface area contributed by atoms with Gasteiger partial charge in [-0.05, 0) is 61.5 Å². The highest BCUT2D eigenvalue weighted by atomic mass is 79.9. The Labute approximate surface area is 205 Å². The summed E-state index contributed by atoms with van der Waals surface area (Å²) in [4.78, 5) is 36.7. The summed E-state index contributed by atoms with van der Waals surface area (Å²) < 4.78 is 11.3. The van der Waals surface area contributed by atoms with Crippen molar-refractivity contribution in [2.45, 2.75) is 6.92 Å². The van der Waals surface area contributed by atoms with Crippen molar-refractivity contribution >= 4 is 39.9 Å². The van der Waals surface area contributed by atoms with Crippen molar-refractivity contribution in [1.82, 2.24) is 10.7 Å². The van der Waals surface area contributed by atoms with Gasteiger partial charge >= 0.3 is 5.97 Å². The zero-order chi connectivity index (χ0) is 24.5. The summed E-state index contributed by atoms with van der Waals surface area (Å²) in [6.07, 6.45) is 1.35. The van der Waals surface area contributed by atoms with Gasteiger partial charge in [0.25, 0.3) is 11.8 Å². The quantitative estimate of drug-likeness (QED) is 0.202. The first-order chi connectivity index (χ1) is 16.4. The Morgan fingerprint density at radius 2 is 1.76 bits per heavy atom. The number of aryl methyl sites for hydroxylation is 1. The fourth-order valence-corrected chi connectivity index (χ4v) is 3.24. The molecule has 0 radical (unpaired) electrons. The van der Waals surface area contributed by atoms with Gasteiger partial charge in [-0.25, -0.2) is 10.2 Å². The van der Waals surface area contributed by atoms with Crippen LogP contribution < -0.4 is 20.2 Å². The lowest BCUT2D eigenvalue weighted by atomic mass is 10.1. The van der Waals surface area contributed by atoms with E-state index in [9.17, 15) is 14.4 Å².